The molecule has 0 saturated carbocycles. The Morgan fingerprint density at radius 2 is 1.64 bits per heavy atom. The fraction of sp³-hybridized carbons (Fsp3) is 0.152. The lowest BCUT2D eigenvalue weighted by molar-refractivity contribution is -0.139. The van der Waals surface area contributed by atoms with Crippen molar-refractivity contribution in [3.8, 4) is 5.75 Å². The van der Waals surface area contributed by atoms with Crippen LogP contribution in [-0.2, 0) is 20.9 Å². The van der Waals surface area contributed by atoms with Gasteiger partial charge in [-0.15, -0.1) is 0 Å². The predicted molar refractivity (Wildman–Crippen MR) is 156 cm³/mol. The lowest BCUT2D eigenvalue weighted by Gasteiger charge is -2.33. The smallest absolute Gasteiger partial charge is 0.299 e. The lowest BCUT2D eigenvalue weighted by atomic mass is 10.0. The first-order valence-corrected chi connectivity index (χ1v) is 13.3. The summed E-state index contributed by atoms with van der Waals surface area (Å²) < 4.78 is 19.7. The summed E-state index contributed by atoms with van der Waals surface area (Å²) in [5.74, 6) is -2.71. The Balaban J connectivity index is 1.54. The zero-order valence-electron chi connectivity index (χ0n) is 23.0. The van der Waals surface area contributed by atoms with E-state index in [9.17, 15) is 23.6 Å². The molecule has 0 fully saturated rings. The van der Waals surface area contributed by atoms with E-state index in [-0.39, 0.29) is 17.7 Å². The molecule has 0 aromatic heterocycles. The minimum Gasteiger partial charge on any atom is -0.497 e. The molecular weight excluding hydrogens is 537 g/mol. The molecule has 1 aliphatic heterocycles. The molecule has 1 aliphatic rings. The van der Waals surface area contributed by atoms with Gasteiger partial charge in [0.25, 0.3) is 17.6 Å². The van der Waals surface area contributed by atoms with Crippen molar-refractivity contribution >= 4 is 34.9 Å². The van der Waals surface area contributed by atoms with Crippen LogP contribution in [0, 0.1) is 12.7 Å². The number of nitrogens with zero attached hydrogens (tertiary/aromatic N) is 2. The normalized spacial score (nSPS) is 13.0. The van der Waals surface area contributed by atoms with E-state index in [1.54, 1.807) is 48.5 Å². The number of nitrogens with one attached hydrogen (secondary N) is 1. The van der Waals surface area contributed by atoms with Crippen molar-refractivity contribution in [3.05, 3.63) is 125 Å². The molecule has 1 unspecified atom stereocenters. The molecule has 0 aliphatic carbocycles. The summed E-state index contributed by atoms with van der Waals surface area (Å²) in [6.07, 6.45) is 0. The summed E-state index contributed by atoms with van der Waals surface area (Å²) in [5.41, 5.74) is 2.94. The maximum atomic E-state index is 14.5. The summed E-state index contributed by atoms with van der Waals surface area (Å²) >= 11 is 0. The van der Waals surface area contributed by atoms with E-state index in [2.05, 4.69) is 5.32 Å². The molecule has 9 heteroatoms. The van der Waals surface area contributed by atoms with E-state index in [1.807, 2.05) is 31.2 Å². The zero-order chi connectivity index (χ0) is 29.8. The Morgan fingerprint density at radius 1 is 0.929 bits per heavy atom. The number of ketones is 1. The number of hydrogen-bond acceptors (Lipinski definition) is 5. The van der Waals surface area contributed by atoms with Crippen molar-refractivity contribution in [2.75, 3.05) is 23.9 Å². The van der Waals surface area contributed by atoms with Crippen LogP contribution in [-0.4, -0.2) is 42.1 Å². The molecule has 4 aromatic rings. The molecule has 1 atom stereocenters. The van der Waals surface area contributed by atoms with Crippen LogP contribution in [0.4, 0.5) is 15.8 Å². The Morgan fingerprint density at radius 3 is 2.33 bits per heavy atom. The van der Waals surface area contributed by atoms with Gasteiger partial charge in [-0.3, -0.25) is 24.1 Å². The summed E-state index contributed by atoms with van der Waals surface area (Å²) in [4.78, 5) is 55.9. The average Bonchev–Trinajstić information content (AvgIpc) is 3.23. The highest BCUT2D eigenvalue weighted by molar-refractivity contribution is 6.52. The standard InChI is InChI=1S/C33H28FN3O5/c1-21-10-12-22(13-11-21)19-37(29(38)20-36-28-9-4-3-8-27(28)31(39)33(36)41)30(23-6-5-7-24(34)18-23)32(40)35-25-14-16-26(42-2)17-15-25/h3-18,30H,19-20H2,1-2H3,(H,35,40). The zero-order valence-corrected chi connectivity index (χ0v) is 23.0. The second kappa shape index (κ2) is 12.1. The second-order valence-electron chi connectivity index (χ2n) is 9.92. The number of anilines is 2. The number of rotatable bonds is 9. The third-order valence-corrected chi connectivity index (χ3v) is 7.05. The highest BCUT2D eigenvalue weighted by atomic mass is 19.1. The minimum atomic E-state index is -1.28. The Kier molecular flexibility index (Phi) is 8.10. The molecule has 0 bridgehead atoms. The molecule has 0 spiro atoms. The Labute approximate surface area is 242 Å². The van der Waals surface area contributed by atoms with Gasteiger partial charge in [0.15, 0.2) is 0 Å². The van der Waals surface area contributed by atoms with E-state index >= 15 is 0 Å². The highest BCUT2D eigenvalue weighted by Gasteiger charge is 2.39. The van der Waals surface area contributed by atoms with Gasteiger partial charge in [0.1, 0.15) is 24.2 Å². The molecule has 0 saturated heterocycles. The number of carbonyl (C=O) groups is 4. The second-order valence-corrected chi connectivity index (χ2v) is 9.92. The maximum Gasteiger partial charge on any atom is 0.299 e. The minimum absolute atomic E-state index is 0.0199. The largest absolute Gasteiger partial charge is 0.497 e. The molecule has 8 nitrogen and oxygen atoms in total. The van der Waals surface area contributed by atoms with Crippen molar-refractivity contribution in [1.82, 2.24) is 4.90 Å². The number of aryl methyl sites for hydroxylation is 1. The van der Waals surface area contributed by atoms with E-state index in [1.165, 1.54) is 36.3 Å². The lowest BCUT2D eigenvalue weighted by Crippen LogP contribution is -2.46. The molecular formula is C33H28FN3O5. The molecule has 0 radical (unpaired) electrons. The van der Waals surface area contributed by atoms with Crippen LogP contribution in [0.3, 0.4) is 0 Å². The van der Waals surface area contributed by atoms with Gasteiger partial charge >= 0.3 is 0 Å². The third-order valence-electron chi connectivity index (χ3n) is 7.05. The van der Waals surface area contributed by atoms with Crippen LogP contribution in [0.2, 0.25) is 0 Å². The van der Waals surface area contributed by atoms with Crippen molar-refractivity contribution in [2.45, 2.75) is 19.5 Å². The van der Waals surface area contributed by atoms with Gasteiger partial charge in [0.2, 0.25) is 5.91 Å². The number of carbonyl (C=O) groups excluding carboxylic acids is 4. The van der Waals surface area contributed by atoms with Crippen molar-refractivity contribution in [1.29, 1.82) is 0 Å². The fourth-order valence-corrected chi connectivity index (χ4v) is 4.88. The van der Waals surface area contributed by atoms with Crippen LogP contribution in [0.25, 0.3) is 0 Å². The van der Waals surface area contributed by atoms with E-state index in [0.29, 0.717) is 17.1 Å². The van der Waals surface area contributed by atoms with E-state index in [4.69, 9.17) is 4.74 Å². The summed E-state index contributed by atoms with van der Waals surface area (Å²) in [5, 5.41) is 2.82. The van der Waals surface area contributed by atoms with Crippen LogP contribution in [0.1, 0.15) is 33.1 Å². The SMILES string of the molecule is COc1ccc(NC(=O)C(c2cccc(F)c2)N(Cc2ccc(C)cc2)C(=O)CN2C(=O)C(=O)c3ccccc32)cc1. The monoisotopic (exact) mass is 565 g/mol. The first-order chi connectivity index (χ1) is 20.2. The van der Waals surface area contributed by atoms with Crippen LogP contribution in [0.15, 0.2) is 97.1 Å². The number of fused-ring (bicyclic) bond motifs is 1. The molecule has 5 rings (SSSR count). The predicted octanol–water partition coefficient (Wildman–Crippen LogP) is 5.08. The summed E-state index contributed by atoms with van der Waals surface area (Å²) in [6.45, 7) is 1.42. The Bertz CT molecular complexity index is 1650. The quantitative estimate of drug-likeness (QED) is 0.286. The molecule has 212 valence electrons. The van der Waals surface area contributed by atoms with Gasteiger partial charge in [-0.2, -0.15) is 0 Å². The van der Waals surface area contributed by atoms with Crippen LogP contribution in [0.5, 0.6) is 5.75 Å². The van der Waals surface area contributed by atoms with Gasteiger partial charge in [-0.1, -0.05) is 54.1 Å². The third kappa shape index (κ3) is 5.90. The topological polar surface area (TPSA) is 96.0 Å². The molecule has 3 amide bonds. The summed E-state index contributed by atoms with van der Waals surface area (Å²) in [7, 11) is 1.53. The Hall–Kier alpha value is -5.31. The first kappa shape index (κ1) is 28.2. The van der Waals surface area contributed by atoms with E-state index in [0.717, 1.165) is 16.0 Å². The number of para-hydroxylation sites is 1. The number of amides is 3. The van der Waals surface area contributed by atoms with Gasteiger partial charge < -0.3 is 15.0 Å². The fourth-order valence-electron chi connectivity index (χ4n) is 4.88. The number of halogens is 1. The van der Waals surface area contributed by atoms with Gasteiger partial charge in [-0.05, 0) is 66.6 Å². The van der Waals surface area contributed by atoms with Gasteiger partial charge in [-0.25, -0.2) is 4.39 Å². The van der Waals surface area contributed by atoms with Crippen molar-refractivity contribution in [2.24, 2.45) is 0 Å². The van der Waals surface area contributed by atoms with Crippen LogP contribution >= 0.6 is 0 Å². The highest BCUT2D eigenvalue weighted by Crippen LogP contribution is 2.31. The number of benzene rings is 4. The van der Waals surface area contributed by atoms with Gasteiger partial charge in [0.05, 0.1) is 18.4 Å². The van der Waals surface area contributed by atoms with Crippen molar-refractivity contribution in [3.63, 3.8) is 0 Å². The number of methoxy groups -OCH3 is 1. The van der Waals surface area contributed by atoms with Crippen molar-refractivity contribution < 1.29 is 28.3 Å². The molecule has 1 N–H and O–H groups in total. The first-order valence-electron chi connectivity index (χ1n) is 13.3. The number of Topliss-reactive ketones (excluding diaryl/α,β-unsaturated/α-hetero) is 1. The maximum absolute atomic E-state index is 14.5. The van der Waals surface area contributed by atoms with Crippen LogP contribution < -0.4 is 15.0 Å². The van der Waals surface area contributed by atoms with E-state index < -0.39 is 41.9 Å². The average molecular weight is 566 g/mol. The number of ether oxygens (including phenoxy) is 1. The van der Waals surface area contributed by atoms with Gasteiger partial charge in [0, 0.05) is 12.2 Å². The number of hydrogen-bond donors (Lipinski definition) is 1. The molecule has 4 aromatic carbocycles. The molecule has 1 heterocycles. The molecule has 42 heavy (non-hydrogen) atoms. The summed E-state index contributed by atoms with van der Waals surface area (Å²) in [6, 6.07) is 24.7.